The molecule has 5 nitrogen and oxygen atoms in total. The molecule has 0 aromatic heterocycles. The summed E-state index contributed by atoms with van der Waals surface area (Å²) in [6.45, 7) is 3.05. The summed E-state index contributed by atoms with van der Waals surface area (Å²) >= 11 is 0. The van der Waals surface area contributed by atoms with Crippen molar-refractivity contribution in [2.75, 3.05) is 26.2 Å². The summed E-state index contributed by atoms with van der Waals surface area (Å²) in [6, 6.07) is 17.7. The molecule has 6 heteroatoms. The fourth-order valence-corrected chi connectivity index (χ4v) is 2.99. The highest BCUT2D eigenvalue weighted by atomic mass is 35.5. The van der Waals surface area contributed by atoms with E-state index in [1.807, 2.05) is 53.4 Å². The maximum Gasteiger partial charge on any atom is 0.252 e. The highest BCUT2D eigenvalue weighted by Gasteiger charge is 2.28. The van der Waals surface area contributed by atoms with Gasteiger partial charge in [-0.15, -0.1) is 12.4 Å². The van der Waals surface area contributed by atoms with E-state index in [4.69, 9.17) is 0 Å². The Kier molecular flexibility index (Phi) is 7.63. The SMILES string of the molecule is Cl.O=C(NC(C(=O)N1CCCNCC1)c1ccccc1)c1ccccc1. The van der Waals surface area contributed by atoms with E-state index in [1.54, 1.807) is 12.1 Å². The molecule has 0 aliphatic carbocycles. The van der Waals surface area contributed by atoms with Crippen LogP contribution in [0.1, 0.15) is 28.4 Å². The highest BCUT2D eigenvalue weighted by Crippen LogP contribution is 2.17. The third kappa shape index (κ3) is 5.07. The first kappa shape index (κ1) is 19.9. The molecular formula is C20H24ClN3O2. The third-order valence-electron chi connectivity index (χ3n) is 4.34. The molecular weight excluding hydrogens is 350 g/mol. The van der Waals surface area contributed by atoms with Crippen LogP contribution in [-0.4, -0.2) is 42.9 Å². The maximum absolute atomic E-state index is 13.1. The lowest BCUT2D eigenvalue weighted by Gasteiger charge is -2.27. The average molecular weight is 374 g/mol. The van der Waals surface area contributed by atoms with Gasteiger partial charge in [0.1, 0.15) is 6.04 Å². The quantitative estimate of drug-likeness (QED) is 0.865. The van der Waals surface area contributed by atoms with Crippen LogP contribution in [0.15, 0.2) is 60.7 Å². The minimum absolute atomic E-state index is 0. The van der Waals surface area contributed by atoms with Gasteiger partial charge in [-0.2, -0.15) is 0 Å². The van der Waals surface area contributed by atoms with Crippen LogP contribution in [0, 0.1) is 0 Å². The van der Waals surface area contributed by atoms with Gasteiger partial charge < -0.3 is 15.5 Å². The molecule has 2 aromatic carbocycles. The summed E-state index contributed by atoms with van der Waals surface area (Å²) in [7, 11) is 0. The lowest BCUT2D eigenvalue weighted by molar-refractivity contribution is -0.133. The lowest BCUT2D eigenvalue weighted by atomic mass is 10.0. The summed E-state index contributed by atoms with van der Waals surface area (Å²) in [4.78, 5) is 27.5. The van der Waals surface area contributed by atoms with Crippen LogP contribution in [0.2, 0.25) is 0 Å². The summed E-state index contributed by atoms with van der Waals surface area (Å²) in [5.74, 6) is -0.296. The summed E-state index contributed by atoms with van der Waals surface area (Å²) in [6.07, 6.45) is 0.917. The Hall–Kier alpha value is -2.37. The molecule has 1 saturated heterocycles. The molecule has 1 atom stereocenters. The Morgan fingerprint density at radius 1 is 0.923 bits per heavy atom. The molecule has 1 unspecified atom stereocenters. The molecule has 138 valence electrons. The van der Waals surface area contributed by atoms with Crippen LogP contribution >= 0.6 is 12.4 Å². The van der Waals surface area contributed by atoms with Crippen molar-refractivity contribution in [3.63, 3.8) is 0 Å². The minimum atomic E-state index is -0.674. The van der Waals surface area contributed by atoms with Gasteiger partial charge in [0.15, 0.2) is 0 Å². The van der Waals surface area contributed by atoms with Crippen molar-refractivity contribution < 1.29 is 9.59 Å². The zero-order chi connectivity index (χ0) is 17.5. The van der Waals surface area contributed by atoms with Gasteiger partial charge in [-0.1, -0.05) is 48.5 Å². The Morgan fingerprint density at radius 2 is 1.58 bits per heavy atom. The van der Waals surface area contributed by atoms with Crippen molar-refractivity contribution in [2.24, 2.45) is 0 Å². The van der Waals surface area contributed by atoms with E-state index < -0.39 is 6.04 Å². The number of hydrogen-bond acceptors (Lipinski definition) is 3. The van der Waals surface area contributed by atoms with Crippen molar-refractivity contribution >= 4 is 24.2 Å². The number of benzene rings is 2. The fraction of sp³-hybridized carbons (Fsp3) is 0.300. The van der Waals surface area contributed by atoms with Gasteiger partial charge in [0.05, 0.1) is 0 Å². The second-order valence-electron chi connectivity index (χ2n) is 6.11. The van der Waals surface area contributed by atoms with Gasteiger partial charge in [-0.3, -0.25) is 9.59 Å². The van der Waals surface area contributed by atoms with Gasteiger partial charge in [-0.05, 0) is 30.7 Å². The Balaban J connectivity index is 0.00000243. The van der Waals surface area contributed by atoms with Crippen LogP contribution < -0.4 is 10.6 Å². The van der Waals surface area contributed by atoms with Gasteiger partial charge in [0, 0.05) is 25.2 Å². The maximum atomic E-state index is 13.1. The molecule has 2 aromatic rings. The number of carbonyl (C=O) groups excluding carboxylic acids is 2. The number of hydrogen-bond donors (Lipinski definition) is 2. The highest BCUT2D eigenvalue weighted by molar-refractivity contribution is 5.97. The molecule has 3 rings (SSSR count). The van der Waals surface area contributed by atoms with Crippen LogP contribution in [0.5, 0.6) is 0 Å². The molecule has 0 spiro atoms. The zero-order valence-electron chi connectivity index (χ0n) is 14.6. The van der Waals surface area contributed by atoms with E-state index in [9.17, 15) is 9.59 Å². The molecule has 0 bridgehead atoms. The van der Waals surface area contributed by atoms with Gasteiger partial charge in [0.25, 0.3) is 5.91 Å². The predicted molar refractivity (Wildman–Crippen MR) is 104 cm³/mol. The monoisotopic (exact) mass is 373 g/mol. The molecule has 0 radical (unpaired) electrons. The smallest absolute Gasteiger partial charge is 0.252 e. The molecule has 1 heterocycles. The van der Waals surface area contributed by atoms with Crippen molar-refractivity contribution in [1.82, 2.24) is 15.5 Å². The fourth-order valence-electron chi connectivity index (χ4n) is 2.99. The van der Waals surface area contributed by atoms with Crippen LogP contribution in [0.3, 0.4) is 0 Å². The molecule has 0 saturated carbocycles. The number of nitrogens with zero attached hydrogens (tertiary/aromatic N) is 1. The number of nitrogens with one attached hydrogen (secondary N) is 2. The Labute approximate surface area is 160 Å². The van der Waals surface area contributed by atoms with E-state index in [0.717, 1.165) is 25.1 Å². The lowest BCUT2D eigenvalue weighted by Crippen LogP contribution is -2.44. The molecule has 2 N–H and O–H groups in total. The topological polar surface area (TPSA) is 61.4 Å². The first-order valence-electron chi connectivity index (χ1n) is 8.66. The molecule has 1 aliphatic heterocycles. The van der Waals surface area contributed by atoms with Gasteiger partial charge >= 0.3 is 0 Å². The first-order valence-corrected chi connectivity index (χ1v) is 8.66. The van der Waals surface area contributed by atoms with E-state index >= 15 is 0 Å². The van der Waals surface area contributed by atoms with Crippen molar-refractivity contribution in [3.8, 4) is 0 Å². The van der Waals surface area contributed by atoms with E-state index in [-0.39, 0.29) is 24.2 Å². The van der Waals surface area contributed by atoms with E-state index in [1.165, 1.54) is 0 Å². The van der Waals surface area contributed by atoms with Crippen LogP contribution in [0.4, 0.5) is 0 Å². The Morgan fingerprint density at radius 3 is 2.27 bits per heavy atom. The van der Waals surface area contributed by atoms with Crippen LogP contribution in [-0.2, 0) is 4.79 Å². The second kappa shape index (κ2) is 9.94. The number of halogens is 1. The number of amides is 2. The van der Waals surface area contributed by atoms with Crippen LogP contribution in [0.25, 0.3) is 0 Å². The normalized spacial score (nSPS) is 15.3. The summed E-state index contributed by atoms with van der Waals surface area (Å²) in [5, 5.41) is 6.21. The Bertz CT molecular complexity index is 702. The molecule has 26 heavy (non-hydrogen) atoms. The minimum Gasteiger partial charge on any atom is -0.339 e. The van der Waals surface area contributed by atoms with E-state index in [0.29, 0.717) is 18.7 Å². The van der Waals surface area contributed by atoms with Crippen molar-refractivity contribution in [1.29, 1.82) is 0 Å². The predicted octanol–water partition coefficient (Wildman–Crippen LogP) is 2.40. The van der Waals surface area contributed by atoms with Crippen molar-refractivity contribution in [2.45, 2.75) is 12.5 Å². The van der Waals surface area contributed by atoms with Gasteiger partial charge in [0.2, 0.25) is 5.91 Å². The molecule has 2 amide bonds. The first-order chi connectivity index (χ1) is 12.3. The standard InChI is InChI=1S/C20H23N3O2.ClH/c24-19(17-10-5-2-6-11-17)22-18(16-8-3-1-4-9-16)20(25)23-14-7-12-21-13-15-23;/h1-6,8-11,18,21H,7,12-15H2,(H,22,24);1H. The summed E-state index contributed by atoms with van der Waals surface area (Å²) in [5.41, 5.74) is 1.35. The second-order valence-corrected chi connectivity index (χ2v) is 6.11. The van der Waals surface area contributed by atoms with Crippen molar-refractivity contribution in [3.05, 3.63) is 71.8 Å². The average Bonchev–Trinajstić information content (AvgIpc) is 2.96. The number of rotatable bonds is 4. The molecule has 1 aliphatic rings. The largest absolute Gasteiger partial charge is 0.339 e. The van der Waals surface area contributed by atoms with Gasteiger partial charge in [-0.25, -0.2) is 0 Å². The zero-order valence-corrected chi connectivity index (χ0v) is 15.4. The molecule has 1 fully saturated rings. The third-order valence-corrected chi connectivity index (χ3v) is 4.34. The summed E-state index contributed by atoms with van der Waals surface area (Å²) < 4.78 is 0. The number of carbonyl (C=O) groups is 2. The van der Waals surface area contributed by atoms with E-state index in [2.05, 4.69) is 10.6 Å².